The summed E-state index contributed by atoms with van der Waals surface area (Å²) in [5.41, 5.74) is 0. The molecule has 98 valence electrons. The van der Waals surface area contributed by atoms with Gasteiger partial charge in [0.15, 0.2) is 0 Å². The zero-order valence-electron chi connectivity index (χ0n) is 11.3. The Morgan fingerprint density at radius 3 is 2.47 bits per heavy atom. The topological polar surface area (TPSA) is 26.3 Å². The van der Waals surface area contributed by atoms with Crippen molar-refractivity contribution in [3.05, 3.63) is 0 Å². The van der Waals surface area contributed by atoms with Crippen LogP contribution in [0.2, 0.25) is 0 Å². The van der Waals surface area contributed by atoms with Gasteiger partial charge < -0.3 is 4.74 Å². The third kappa shape index (κ3) is 3.02. The zero-order chi connectivity index (χ0) is 12.3. The minimum atomic E-state index is 0.0584. The molecular weight excluding hydrogens is 212 g/mol. The van der Waals surface area contributed by atoms with Crippen molar-refractivity contribution < 1.29 is 9.53 Å². The summed E-state index contributed by atoms with van der Waals surface area (Å²) >= 11 is 0. The van der Waals surface area contributed by atoms with E-state index in [4.69, 9.17) is 4.74 Å². The lowest BCUT2D eigenvalue weighted by Crippen LogP contribution is -2.12. The van der Waals surface area contributed by atoms with Crippen molar-refractivity contribution in [2.75, 3.05) is 6.61 Å². The lowest BCUT2D eigenvalue weighted by molar-refractivity contribution is -0.141. The van der Waals surface area contributed by atoms with E-state index in [0.717, 1.165) is 30.6 Å². The molecule has 0 amide bonds. The molecule has 2 nitrogen and oxygen atoms in total. The highest BCUT2D eigenvalue weighted by molar-refractivity contribution is 5.73. The molecule has 1 aliphatic heterocycles. The highest BCUT2D eigenvalue weighted by Gasteiger charge is 2.34. The summed E-state index contributed by atoms with van der Waals surface area (Å²) in [4.78, 5) is 11.4. The standard InChI is InChI=1S/C15H26O2/c1-3-11-9-12(4-2)14(10-11)6-5-13-7-8-17-15(13)16/h11-14H,3-10H2,1-2H3. The number of rotatable bonds is 5. The van der Waals surface area contributed by atoms with Crippen LogP contribution in [0.25, 0.3) is 0 Å². The van der Waals surface area contributed by atoms with Crippen molar-refractivity contribution in [2.24, 2.45) is 23.7 Å². The van der Waals surface area contributed by atoms with E-state index in [1.54, 1.807) is 0 Å². The van der Waals surface area contributed by atoms with E-state index in [1.807, 2.05) is 0 Å². The van der Waals surface area contributed by atoms with Crippen molar-refractivity contribution >= 4 is 5.97 Å². The molecule has 1 saturated heterocycles. The van der Waals surface area contributed by atoms with Crippen molar-refractivity contribution in [1.29, 1.82) is 0 Å². The van der Waals surface area contributed by atoms with E-state index >= 15 is 0 Å². The fourth-order valence-electron chi connectivity index (χ4n) is 3.74. The Morgan fingerprint density at radius 2 is 1.88 bits per heavy atom. The van der Waals surface area contributed by atoms with Crippen LogP contribution >= 0.6 is 0 Å². The highest BCUT2D eigenvalue weighted by Crippen LogP contribution is 2.43. The second-order valence-corrected chi connectivity index (χ2v) is 5.90. The van der Waals surface area contributed by atoms with Crippen LogP contribution in [0.3, 0.4) is 0 Å². The number of ether oxygens (including phenoxy) is 1. The van der Waals surface area contributed by atoms with Gasteiger partial charge in [0, 0.05) is 0 Å². The quantitative estimate of drug-likeness (QED) is 0.681. The molecule has 0 bridgehead atoms. The minimum Gasteiger partial charge on any atom is -0.465 e. The number of carbonyl (C=O) groups excluding carboxylic acids is 1. The van der Waals surface area contributed by atoms with Gasteiger partial charge >= 0.3 is 5.97 Å². The van der Waals surface area contributed by atoms with Crippen LogP contribution in [-0.2, 0) is 9.53 Å². The van der Waals surface area contributed by atoms with E-state index < -0.39 is 0 Å². The average molecular weight is 238 g/mol. The number of carbonyl (C=O) groups is 1. The molecule has 2 rings (SSSR count). The lowest BCUT2D eigenvalue weighted by atomic mass is 9.86. The predicted molar refractivity (Wildman–Crippen MR) is 68.6 cm³/mol. The third-order valence-electron chi connectivity index (χ3n) is 4.97. The molecule has 2 fully saturated rings. The minimum absolute atomic E-state index is 0.0584. The van der Waals surface area contributed by atoms with Gasteiger partial charge in [-0.1, -0.05) is 26.7 Å². The fourth-order valence-corrected chi connectivity index (χ4v) is 3.74. The summed E-state index contributed by atoms with van der Waals surface area (Å²) in [6.45, 7) is 5.29. The van der Waals surface area contributed by atoms with Crippen molar-refractivity contribution in [3.63, 3.8) is 0 Å². The molecule has 1 saturated carbocycles. The summed E-state index contributed by atoms with van der Waals surface area (Å²) < 4.78 is 5.04. The first-order valence-electron chi connectivity index (χ1n) is 7.41. The van der Waals surface area contributed by atoms with Gasteiger partial charge in [0.25, 0.3) is 0 Å². The van der Waals surface area contributed by atoms with E-state index in [0.29, 0.717) is 6.61 Å². The molecule has 17 heavy (non-hydrogen) atoms. The molecule has 0 aromatic rings. The molecule has 1 heterocycles. The summed E-state index contributed by atoms with van der Waals surface area (Å²) in [5.74, 6) is 3.01. The van der Waals surface area contributed by atoms with E-state index in [9.17, 15) is 4.79 Å². The molecular formula is C15H26O2. The average Bonchev–Trinajstić information content (AvgIpc) is 2.92. The van der Waals surface area contributed by atoms with Crippen molar-refractivity contribution in [1.82, 2.24) is 0 Å². The molecule has 0 radical (unpaired) electrons. The van der Waals surface area contributed by atoms with Crippen LogP contribution in [0.15, 0.2) is 0 Å². The second-order valence-electron chi connectivity index (χ2n) is 5.90. The van der Waals surface area contributed by atoms with E-state index in [1.165, 1.54) is 32.1 Å². The fraction of sp³-hybridized carbons (Fsp3) is 0.933. The monoisotopic (exact) mass is 238 g/mol. The Morgan fingerprint density at radius 1 is 1.12 bits per heavy atom. The Bertz CT molecular complexity index is 262. The molecule has 0 aromatic heterocycles. The summed E-state index contributed by atoms with van der Waals surface area (Å²) in [5, 5.41) is 0. The van der Waals surface area contributed by atoms with E-state index in [2.05, 4.69) is 13.8 Å². The predicted octanol–water partition coefficient (Wildman–Crippen LogP) is 3.79. The van der Waals surface area contributed by atoms with Gasteiger partial charge in [0.1, 0.15) is 0 Å². The maximum atomic E-state index is 11.4. The normalized spacial score (nSPS) is 37.4. The smallest absolute Gasteiger partial charge is 0.309 e. The summed E-state index contributed by atoms with van der Waals surface area (Å²) in [7, 11) is 0. The van der Waals surface area contributed by atoms with Crippen LogP contribution < -0.4 is 0 Å². The van der Waals surface area contributed by atoms with Crippen LogP contribution in [0.4, 0.5) is 0 Å². The Labute approximate surface area is 105 Å². The van der Waals surface area contributed by atoms with Crippen LogP contribution in [0.5, 0.6) is 0 Å². The molecule has 2 heteroatoms. The second kappa shape index (κ2) is 5.88. The van der Waals surface area contributed by atoms with Crippen LogP contribution in [0, 0.1) is 23.7 Å². The summed E-state index contributed by atoms with van der Waals surface area (Å²) in [6, 6.07) is 0. The van der Waals surface area contributed by atoms with Gasteiger partial charge in [-0.15, -0.1) is 0 Å². The largest absolute Gasteiger partial charge is 0.465 e. The van der Waals surface area contributed by atoms with Gasteiger partial charge in [0.2, 0.25) is 0 Å². The number of esters is 1. The van der Waals surface area contributed by atoms with Gasteiger partial charge in [-0.25, -0.2) is 0 Å². The van der Waals surface area contributed by atoms with Crippen LogP contribution in [-0.4, -0.2) is 12.6 Å². The first-order valence-corrected chi connectivity index (χ1v) is 7.41. The SMILES string of the molecule is CCC1CC(CC)C(CCC2CCOC2=O)C1. The molecule has 0 aromatic carbocycles. The molecule has 4 unspecified atom stereocenters. The molecule has 0 N–H and O–H groups in total. The molecule has 2 aliphatic rings. The number of hydrogen-bond donors (Lipinski definition) is 0. The Hall–Kier alpha value is -0.530. The molecule has 1 aliphatic carbocycles. The molecule has 4 atom stereocenters. The van der Waals surface area contributed by atoms with Gasteiger partial charge in [0.05, 0.1) is 12.5 Å². The van der Waals surface area contributed by atoms with Crippen LogP contribution in [0.1, 0.15) is 58.8 Å². The van der Waals surface area contributed by atoms with Gasteiger partial charge in [-0.05, 0) is 49.9 Å². The van der Waals surface area contributed by atoms with E-state index in [-0.39, 0.29) is 11.9 Å². The maximum Gasteiger partial charge on any atom is 0.309 e. The van der Waals surface area contributed by atoms with Gasteiger partial charge in [-0.2, -0.15) is 0 Å². The summed E-state index contributed by atoms with van der Waals surface area (Å²) in [6.07, 6.45) is 8.74. The lowest BCUT2D eigenvalue weighted by Gasteiger charge is -2.18. The Kier molecular flexibility index (Phi) is 4.47. The first-order chi connectivity index (χ1) is 8.24. The Balaban J connectivity index is 1.79. The number of hydrogen-bond acceptors (Lipinski definition) is 2. The van der Waals surface area contributed by atoms with Gasteiger partial charge in [-0.3, -0.25) is 4.79 Å². The maximum absolute atomic E-state index is 11.4. The highest BCUT2D eigenvalue weighted by atomic mass is 16.5. The van der Waals surface area contributed by atoms with Crippen molar-refractivity contribution in [3.8, 4) is 0 Å². The van der Waals surface area contributed by atoms with Crippen molar-refractivity contribution in [2.45, 2.75) is 58.8 Å². The number of cyclic esters (lactones) is 1. The third-order valence-corrected chi connectivity index (χ3v) is 4.97. The molecule has 0 spiro atoms. The zero-order valence-corrected chi connectivity index (χ0v) is 11.3. The first kappa shape index (κ1) is 12.9.